The Morgan fingerprint density at radius 3 is 2.11 bits per heavy atom. The molecule has 6 heteroatoms. The van der Waals surface area contributed by atoms with Crippen LogP contribution in [0, 0.1) is 0 Å². The van der Waals surface area contributed by atoms with E-state index in [1.807, 2.05) is 48.5 Å². The predicted octanol–water partition coefficient (Wildman–Crippen LogP) is 2.47. The van der Waals surface area contributed by atoms with Crippen LogP contribution in [0.1, 0.15) is 17.2 Å². The van der Waals surface area contributed by atoms with Crippen molar-refractivity contribution in [2.45, 2.75) is 12.5 Å². The first-order valence-corrected chi connectivity index (χ1v) is 9.58. The van der Waals surface area contributed by atoms with Crippen LogP contribution in [0.5, 0.6) is 0 Å². The van der Waals surface area contributed by atoms with Gasteiger partial charge in [-0.05, 0) is 17.5 Å². The van der Waals surface area contributed by atoms with Crippen molar-refractivity contribution in [1.82, 2.24) is 15.1 Å². The molecule has 3 amide bonds. The molecule has 1 unspecified atom stereocenters. The van der Waals surface area contributed by atoms with Gasteiger partial charge in [-0.25, -0.2) is 4.79 Å². The molecule has 1 N–H and O–H groups in total. The van der Waals surface area contributed by atoms with E-state index in [9.17, 15) is 9.59 Å². The molecule has 3 rings (SSSR count). The number of carbonyl (C=O) groups excluding carboxylic acids is 2. The molecule has 0 aromatic heterocycles. The van der Waals surface area contributed by atoms with E-state index < -0.39 is 0 Å². The summed E-state index contributed by atoms with van der Waals surface area (Å²) in [5.41, 5.74) is 2.25. The van der Waals surface area contributed by atoms with Gasteiger partial charge in [0, 0.05) is 33.3 Å². The van der Waals surface area contributed by atoms with Gasteiger partial charge >= 0.3 is 6.03 Å². The molecule has 1 atom stereocenters. The van der Waals surface area contributed by atoms with Crippen molar-refractivity contribution in [3.8, 4) is 0 Å². The molecule has 1 heterocycles. The van der Waals surface area contributed by atoms with E-state index in [0.717, 1.165) is 12.0 Å². The van der Waals surface area contributed by atoms with Crippen LogP contribution < -0.4 is 5.32 Å². The maximum Gasteiger partial charge on any atom is 0.318 e. The fourth-order valence-electron chi connectivity index (χ4n) is 3.40. The molecule has 6 nitrogen and oxygen atoms in total. The van der Waals surface area contributed by atoms with Gasteiger partial charge in [0.2, 0.25) is 5.91 Å². The zero-order valence-corrected chi connectivity index (χ0v) is 16.2. The van der Waals surface area contributed by atoms with Gasteiger partial charge in [-0.2, -0.15) is 0 Å². The second-order valence-corrected chi connectivity index (χ2v) is 6.90. The number of amides is 3. The summed E-state index contributed by atoms with van der Waals surface area (Å²) in [5, 5.41) is 3.18. The number of urea groups is 1. The van der Waals surface area contributed by atoms with Crippen LogP contribution in [0.4, 0.5) is 4.79 Å². The minimum atomic E-state index is -0.107. The fraction of sp³-hybridized carbons (Fsp3) is 0.364. The van der Waals surface area contributed by atoms with Crippen LogP contribution in [0.25, 0.3) is 0 Å². The van der Waals surface area contributed by atoms with Crippen LogP contribution in [-0.4, -0.2) is 61.6 Å². The number of benzene rings is 2. The number of methoxy groups -OCH3 is 1. The number of rotatable bonds is 6. The van der Waals surface area contributed by atoms with Crippen molar-refractivity contribution in [2.24, 2.45) is 0 Å². The molecule has 1 saturated heterocycles. The summed E-state index contributed by atoms with van der Waals surface area (Å²) in [7, 11) is 1.51. The predicted molar refractivity (Wildman–Crippen MR) is 108 cm³/mol. The van der Waals surface area contributed by atoms with Gasteiger partial charge in [0.1, 0.15) is 6.61 Å². The minimum absolute atomic E-state index is 0.0335. The Morgan fingerprint density at radius 2 is 1.50 bits per heavy atom. The fourth-order valence-corrected chi connectivity index (χ4v) is 3.40. The number of ether oxygens (including phenoxy) is 1. The quantitative estimate of drug-likeness (QED) is 0.836. The third kappa shape index (κ3) is 5.33. The molecule has 0 bridgehead atoms. The molecular weight excluding hydrogens is 354 g/mol. The van der Waals surface area contributed by atoms with Crippen molar-refractivity contribution in [3.05, 3.63) is 71.8 Å². The van der Waals surface area contributed by atoms with Crippen molar-refractivity contribution in [1.29, 1.82) is 0 Å². The number of nitrogens with one attached hydrogen (secondary N) is 1. The molecule has 2 aromatic carbocycles. The second-order valence-electron chi connectivity index (χ2n) is 6.90. The molecular formula is C22H27N3O3. The Hall–Kier alpha value is -2.86. The third-order valence-electron chi connectivity index (χ3n) is 4.97. The number of piperazine rings is 1. The largest absolute Gasteiger partial charge is 0.375 e. The van der Waals surface area contributed by atoms with E-state index in [4.69, 9.17) is 4.74 Å². The van der Waals surface area contributed by atoms with Gasteiger partial charge in [0.25, 0.3) is 0 Å². The summed E-state index contributed by atoms with van der Waals surface area (Å²) < 4.78 is 4.91. The lowest BCUT2D eigenvalue weighted by molar-refractivity contribution is -0.136. The van der Waals surface area contributed by atoms with Gasteiger partial charge in [0.15, 0.2) is 0 Å². The van der Waals surface area contributed by atoms with E-state index in [1.54, 1.807) is 9.80 Å². The van der Waals surface area contributed by atoms with Crippen LogP contribution in [-0.2, 0) is 16.0 Å². The SMILES string of the molecule is COCC(=O)N1CCN(C(=O)NC(Cc2ccccc2)c2ccccc2)CC1. The Morgan fingerprint density at radius 1 is 0.929 bits per heavy atom. The highest BCUT2D eigenvalue weighted by Crippen LogP contribution is 2.19. The molecule has 28 heavy (non-hydrogen) atoms. The van der Waals surface area contributed by atoms with E-state index in [1.165, 1.54) is 12.7 Å². The molecule has 0 radical (unpaired) electrons. The highest BCUT2D eigenvalue weighted by Gasteiger charge is 2.25. The summed E-state index contributed by atoms with van der Waals surface area (Å²) >= 11 is 0. The first-order valence-electron chi connectivity index (χ1n) is 9.58. The number of hydrogen-bond donors (Lipinski definition) is 1. The standard InChI is InChI=1S/C22H27N3O3/c1-28-17-21(26)24-12-14-25(15-13-24)22(27)23-20(19-10-6-3-7-11-19)16-18-8-4-2-5-9-18/h2-11,20H,12-17H2,1H3,(H,23,27). The van der Waals surface area contributed by atoms with E-state index in [2.05, 4.69) is 17.4 Å². The maximum absolute atomic E-state index is 12.9. The van der Waals surface area contributed by atoms with Crippen molar-refractivity contribution in [3.63, 3.8) is 0 Å². The Bertz CT molecular complexity index is 759. The number of carbonyl (C=O) groups is 2. The monoisotopic (exact) mass is 381 g/mol. The average Bonchev–Trinajstić information content (AvgIpc) is 2.75. The average molecular weight is 381 g/mol. The summed E-state index contributed by atoms with van der Waals surface area (Å²) in [4.78, 5) is 28.3. The molecule has 1 aliphatic heterocycles. The van der Waals surface area contributed by atoms with Crippen LogP contribution >= 0.6 is 0 Å². The lowest BCUT2D eigenvalue weighted by Crippen LogP contribution is -2.54. The van der Waals surface area contributed by atoms with E-state index in [0.29, 0.717) is 26.2 Å². The maximum atomic E-state index is 12.9. The summed E-state index contributed by atoms with van der Waals surface area (Å²) in [6, 6.07) is 20.0. The van der Waals surface area contributed by atoms with Crippen molar-refractivity contribution in [2.75, 3.05) is 39.9 Å². The van der Waals surface area contributed by atoms with Crippen LogP contribution in [0.3, 0.4) is 0 Å². The Kier molecular flexibility index (Phi) is 7.03. The second kappa shape index (κ2) is 9.90. The molecule has 148 valence electrons. The van der Waals surface area contributed by atoms with Crippen molar-refractivity contribution < 1.29 is 14.3 Å². The summed E-state index contributed by atoms with van der Waals surface area (Å²) in [6.07, 6.45) is 0.725. The highest BCUT2D eigenvalue weighted by atomic mass is 16.5. The van der Waals surface area contributed by atoms with E-state index >= 15 is 0 Å². The number of nitrogens with zero attached hydrogens (tertiary/aromatic N) is 2. The zero-order chi connectivity index (χ0) is 19.8. The first-order chi connectivity index (χ1) is 13.7. The summed E-state index contributed by atoms with van der Waals surface area (Å²) in [5.74, 6) is -0.0335. The molecule has 0 aliphatic carbocycles. The minimum Gasteiger partial charge on any atom is -0.375 e. The van der Waals surface area contributed by atoms with Crippen molar-refractivity contribution >= 4 is 11.9 Å². The van der Waals surface area contributed by atoms with Gasteiger partial charge < -0.3 is 19.9 Å². The molecule has 2 aromatic rings. The van der Waals surface area contributed by atoms with Crippen LogP contribution in [0.2, 0.25) is 0 Å². The Balaban J connectivity index is 1.62. The first kappa shape index (κ1) is 19.9. The lowest BCUT2D eigenvalue weighted by atomic mass is 9.99. The normalized spacial score (nSPS) is 15.2. The topological polar surface area (TPSA) is 61.9 Å². The third-order valence-corrected chi connectivity index (χ3v) is 4.97. The zero-order valence-electron chi connectivity index (χ0n) is 16.2. The summed E-state index contributed by atoms with van der Waals surface area (Å²) in [6.45, 7) is 2.19. The van der Waals surface area contributed by atoms with E-state index in [-0.39, 0.29) is 24.6 Å². The Labute approximate surface area is 166 Å². The molecule has 0 saturated carbocycles. The molecule has 1 aliphatic rings. The van der Waals surface area contributed by atoms with Gasteiger partial charge in [0.05, 0.1) is 6.04 Å². The van der Waals surface area contributed by atoms with Gasteiger partial charge in [-0.1, -0.05) is 60.7 Å². The van der Waals surface area contributed by atoms with Gasteiger partial charge in [-0.15, -0.1) is 0 Å². The van der Waals surface area contributed by atoms with Crippen LogP contribution in [0.15, 0.2) is 60.7 Å². The lowest BCUT2D eigenvalue weighted by Gasteiger charge is -2.35. The number of hydrogen-bond acceptors (Lipinski definition) is 3. The molecule has 1 fully saturated rings. The smallest absolute Gasteiger partial charge is 0.318 e. The molecule has 0 spiro atoms. The van der Waals surface area contributed by atoms with Gasteiger partial charge in [-0.3, -0.25) is 4.79 Å². The highest BCUT2D eigenvalue weighted by molar-refractivity contribution is 5.78.